The largest absolute Gasteiger partial charge is 0.370 e. The fourth-order valence-electron chi connectivity index (χ4n) is 2.80. The van der Waals surface area contributed by atoms with Gasteiger partial charge in [0.1, 0.15) is 0 Å². The number of rotatable bonds is 5. The van der Waals surface area contributed by atoms with Crippen molar-refractivity contribution in [3.05, 3.63) is 28.2 Å². The summed E-state index contributed by atoms with van der Waals surface area (Å²) >= 11 is 3.73. The summed E-state index contributed by atoms with van der Waals surface area (Å²) in [6.45, 7) is 7.57. The second kappa shape index (κ2) is 7.61. The SMILES string of the molecule is CC(C)NCc1ccc(N2CCCC(N(C)C)C2)cc1Br. The normalized spacial score (nSPS) is 19.6. The second-order valence-electron chi connectivity index (χ2n) is 6.52. The van der Waals surface area contributed by atoms with E-state index in [1.54, 1.807) is 0 Å². The molecular weight excluding hydrogens is 326 g/mol. The summed E-state index contributed by atoms with van der Waals surface area (Å²) in [5.41, 5.74) is 2.66. The zero-order valence-electron chi connectivity index (χ0n) is 13.7. The first kappa shape index (κ1) is 16.8. The Morgan fingerprint density at radius 3 is 2.76 bits per heavy atom. The molecule has 1 unspecified atom stereocenters. The fourth-order valence-corrected chi connectivity index (χ4v) is 3.31. The molecule has 1 atom stereocenters. The van der Waals surface area contributed by atoms with Gasteiger partial charge in [0.2, 0.25) is 0 Å². The fraction of sp³-hybridized carbons (Fsp3) is 0.647. The number of piperidine rings is 1. The van der Waals surface area contributed by atoms with Crippen LogP contribution in [0.5, 0.6) is 0 Å². The molecule has 0 spiro atoms. The maximum absolute atomic E-state index is 3.73. The lowest BCUT2D eigenvalue weighted by molar-refractivity contribution is 0.258. The van der Waals surface area contributed by atoms with Crippen LogP contribution < -0.4 is 10.2 Å². The highest BCUT2D eigenvalue weighted by molar-refractivity contribution is 9.10. The number of benzene rings is 1. The van der Waals surface area contributed by atoms with Crippen LogP contribution in [0.1, 0.15) is 32.3 Å². The van der Waals surface area contributed by atoms with Crippen LogP contribution in [0, 0.1) is 0 Å². The molecule has 21 heavy (non-hydrogen) atoms. The Hall–Kier alpha value is -0.580. The van der Waals surface area contributed by atoms with E-state index >= 15 is 0 Å². The Morgan fingerprint density at radius 1 is 1.38 bits per heavy atom. The van der Waals surface area contributed by atoms with Gasteiger partial charge in [-0.25, -0.2) is 0 Å². The van der Waals surface area contributed by atoms with Crippen LogP contribution in [0.15, 0.2) is 22.7 Å². The van der Waals surface area contributed by atoms with Crippen LogP contribution in [0.25, 0.3) is 0 Å². The third-order valence-corrected chi connectivity index (χ3v) is 4.97. The molecule has 0 aromatic heterocycles. The van der Waals surface area contributed by atoms with E-state index in [1.165, 1.54) is 35.1 Å². The lowest BCUT2D eigenvalue weighted by atomic mass is 10.0. The van der Waals surface area contributed by atoms with E-state index in [9.17, 15) is 0 Å². The number of nitrogens with one attached hydrogen (secondary N) is 1. The first-order valence-electron chi connectivity index (χ1n) is 7.90. The lowest BCUT2D eigenvalue weighted by Gasteiger charge is -2.37. The Bertz CT molecular complexity index is 459. The van der Waals surface area contributed by atoms with Crippen molar-refractivity contribution in [1.82, 2.24) is 10.2 Å². The zero-order chi connectivity index (χ0) is 15.4. The molecule has 0 amide bonds. The minimum absolute atomic E-state index is 0.513. The summed E-state index contributed by atoms with van der Waals surface area (Å²) in [6.07, 6.45) is 2.58. The topological polar surface area (TPSA) is 18.5 Å². The third-order valence-electron chi connectivity index (χ3n) is 4.23. The molecule has 1 aliphatic heterocycles. The summed E-state index contributed by atoms with van der Waals surface area (Å²) < 4.78 is 1.21. The van der Waals surface area contributed by atoms with Gasteiger partial charge >= 0.3 is 0 Å². The van der Waals surface area contributed by atoms with Gasteiger partial charge in [-0.2, -0.15) is 0 Å². The molecule has 1 aromatic carbocycles. The molecule has 4 heteroatoms. The number of likely N-dealkylation sites (N-methyl/N-ethyl adjacent to an activating group) is 1. The van der Waals surface area contributed by atoms with Crippen molar-refractivity contribution in [2.45, 2.75) is 45.3 Å². The van der Waals surface area contributed by atoms with Crippen molar-refractivity contribution in [2.75, 3.05) is 32.1 Å². The maximum Gasteiger partial charge on any atom is 0.0378 e. The van der Waals surface area contributed by atoms with Gasteiger partial charge in [0.05, 0.1) is 0 Å². The first-order chi connectivity index (χ1) is 9.97. The van der Waals surface area contributed by atoms with E-state index in [4.69, 9.17) is 0 Å². The number of anilines is 1. The monoisotopic (exact) mass is 353 g/mol. The molecule has 1 fully saturated rings. The molecule has 1 heterocycles. The molecule has 1 N–H and O–H groups in total. The first-order valence-corrected chi connectivity index (χ1v) is 8.70. The van der Waals surface area contributed by atoms with E-state index in [2.05, 4.69) is 77.2 Å². The van der Waals surface area contributed by atoms with Crippen molar-refractivity contribution in [3.8, 4) is 0 Å². The third kappa shape index (κ3) is 4.70. The van der Waals surface area contributed by atoms with Gasteiger partial charge in [0.25, 0.3) is 0 Å². The highest BCUT2D eigenvalue weighted by Crippen LogP contribution is 2.27. The van der Waals surface area contributed by atoms with Gasteiger partial charge in [0.15, 0.2) is 0 Å². The summed E-state index contributed by atoms with van der Waals surface area (Å²) in [4.78, 5) is 4.86. The number of halogens is 1. The van der Waals surface area contributed by atoms with E-state index in [0.29, 0.717) is 12.1 Å². The van der Waals surface area contributed by atoms with Crippen LogP contribution >= 0.6 is 15.9 Å². The van der Waals surface area contributed by atoms with E-state index in [1.807, 2.05) is 0 Å². The average molecular weight is 354 g/mol. The van der Waals surface area contributed by atoms with Gasteiger partial charge in [-0.3, -0.25) is 0 Å². The van der Waals surface area contributed by atoms with Gasteiger partial charge in [-0.05, 0) is 44.6 Å². The van der Waals surface area contributed by atoms with E-state index in [-0.39, 0.29) is 0 Å². The Balaban J connectivity index is 2.05. The smallest absolute Gasteiger partial charge is 0.0378 e. The van der Waals surface area contributed by atoms with Crippen LogP contribution in [-0.4, -0.2) is 44.2 Å². The number of hydrogen-bond acceptors (Lipinski definition) is 3. The molecule has 1 aromatic rings. The van der Waals surface area contributed by atoms with Crippen molar-refractivity contribution in [3.63, 3.8) is 0 Å². The summed E-state index contributed by atoms with van der Waals surface area (Å²) in [5, 5.41) is 3.47. The van der Waals surface area contributed by atoms with Crippen molar-refractivity contribution in [2.24, 2.45) is 0 Å². The molecule has 0 bridgehead atoms. The molecule has 1 aliphatic rings. The highest BCUT2D eigenvalue weighted by Gasteiger charge is 2.21. The summed E-state index contributed by atoms with van der Waals surface area (Å²) in [5.74, 6) is 0. The van der Waals surface area contributed by atoms with Crippen molar-refractivity contribution < 1.29 is 0 Å². The molecular formula is C17H28BrN3. The van der Waals surface area contributed by atoms with Crippen LogP contribution in [0.2, 0.25) is 0 Å². The minimum atomic E-state index is 0.513. The van der Waals surface area contributed by atoms with Crippen LogP contribution in [-0.2, 0) is 6.54 Å². The molecule has 0 aliphatic carbocycles. The predicted octanol–water partition coefficient (Wildman–Crippen LogP) is 3.48. The van der Waals surface area contributed by atoms with Gasteiger partial charge < -0.3 is 15.1 Å². The van der Waals surface area contributed by atoms with E-state index in [0.717, 1.165) is 13.1 Å². The van der Waals surface area contributed by atoms with Crippen LogP contribution in [0.3, 0.4) is 0 Å². The molecule has 118 valence electrons. The summed E-state index contributed by atoms with van der Waals surface area (Å²) in [6, 6.07) is 7.96. The Kier molecular flexibility index (Phi) is 6.08. The summed E-state index contributed by atoms with van der Waals surface area (Å²) in [7, 11) is 4.37. The molecule has 2 rings (SSSR count). The van der Waals surface area contributed by atoms with Gasteiger partial charge in [-0.15, -0.1) is 0 Å². The number of hydrogen-bond donors (Lipinski definition) is 1. The predicted molar refractivity (Wildman–Crippen MR) is 95.0 cm³/mol. The standard InChI is InChI=1S/C17H28BrN3/c1-13(2)19-11-14-7-8-15(10-17(14)18)21-9-5-6-16(12-21)20(3)4/h7-8,10,13,16,19H,5-6,9,11-12H2,1-4H3. The van der Waals surface area contributed by atoms with Crippen molar-refractivity contribution >= 4 is 21.6 Å². The van der Waals surface area contributed by atoms with Crippen LogP contribution in [0.4, 0.5) is 5.69 Å². The van der Waals surface area contributed by atoms with Gasteiger partial charge in [0, 0.05) is 41.9 Å². The molecule has 1 saturated heterocycles. The van der Waals surface area contributed by atoms with Crippen molar-refractivity contribution in [1.29, 1.82) is 0 Å². The maximum atomic E-state index is 3.73. The average Bonchev–Trinajstić information content (AvgIpc) is 2.46. The zero-order valence-corrected chi connectivity index (χ0v) is 15.3. The highest BCUT2D eigenvalue weighted by atomic mass is 79.9. The Labute approximate surface area is 137 Å². The quantitative estimate of drug-likeness (QED) is 0.874. The lowest BCUT2D eigenvalue weighted by Crippen LogP contribution is -2.45. The Morgan fingerprint density at radius 2 is 2.14 bits per heavy atom. The molecule has 0 radical (unpaired) electrons. The number of nitrogens with zero attached hydrogens (tertiary/aromatic N) is 2. The molecule has 3 nitrogen and oxygen atoms in total. The van der Waals surface area contributed by atoms with E-state index < -0.39 is 0 Å². The van der Waals surface area contributed by atoms with Gasteiger partial charge in [-0.1, -0.05) is 35.8 Å². The second-order valence-corrected chi connectivity index (χ2v) is 7.37. The minimum Gasteiger partial charge on any atom is -0.370 e. The molecule has 0 saturated carbocycles.